The first-order valence-electron chi connectivity index (χ1n) is 6.92. The van der Waals surface area contributed by atoms with E-state index in [0.717, 1.165) is 5.56 Å². The van der Waals surface area contributed by atoms with Crippen molar-refractivity contribution in [2.75, 3.05) is 12.3 Å². The van der Waals surface area contributed by atoms with Crippen molar-refractivity contribution in [1.29, 1.82) is 0 Å². The molecule has 3 rings (SSSR count). The van der Waals surface area contributed by atoms with Crippen molar-refractivity contribution in [2.45, 2.75) is 38.8 Å². The van der Waals surface area contributed by atoms with Crippen LogP contribution in [-0.2, 0) is 16.1 Å². The van der Waals surface area contributed by atoms with Gasteiger partial charge >= 0.3 is 0 Å². The molecule has 0 aromatic carbocycles. The lowest BCUT2D eigenvalue weighted by Gasteiger charge is -2.43. The third kappa shape index (κ3) is 1.80. The lowest BCUT2D eigenvalue weighted by Crippen LogP contribution is -2.62. The monoisotopic (exact) mass is 307 g/mol. The average Bonchev–Trinajstić information content (AvgIpc) is 2.97. The summed E-state index contributed by atoms with van der Waals surface area (Å²) in [6, 6.07) is 0. The van der Waals surface area contributed by atoms with Gasteiger partial charge in [-0.15, -0.1) is 11.3 Å². The molecule has 0 radical (unpaired) electrons. The van der Waals surface area contributed by atoms with Gasteiger partial charge in [-0.1, -0.05) is 0 Å². The van der Waals surface area contributed by atoms with E-state index in [-0.39, 0.29) is 24.1 Å². The molecule has 3 amide bonds. The third-order valence-electron chi connectivity index (χ3n) is 4.46. The van der Waals surface area contributed by atoms with E-state index in [1.165, 1.54) is 16.2 Å². The van der Waals surface area contributed by atoms with Gasteiger partial charge in [0.1, 0.15) is 5.54 Å². The Kier molecular flexibility index (Phi) is 3.05. The number of carbonyl (C=O) groups excluding carboxylic acids is 3. The number of likely N-dealkylation sites (tertiary alicyclic amines) is 1. The van der Waals surface area contributed by atoms with E-state index in [1.54, 1.807) is 24.1 Å². The fourth-order valence-corrected chi connectivity index (χ4v) is 3.89. The van der Waals surface area contributed by atoms with E-state index in [9.17, 15) is 14.4 Å². The molecule has 6 nitrogen and oxygen atoms in total. The Morgan fingerprint density at radius 3 is 2.71 bits per heavy atom. The Balaban J connectivity index is 1.95. The Labute approximate surface area is 126 Å². The first-order chi connectivity index (χ1) is 9.90. The predicted octanol–water partition coefficient (Wildman–Crippen LogP) is 1.21. The first kappa shape index (κ1) is 14.1. The van der Waals surface area contributed by atoms with Gasteiger partial charge in [0.25, 0.3) is 11.8 Å². The lowest BCUT2D eigenvalue weighted by atomic mass is 9.87. The van der Waals surface area contributed by atoms with Crippen molar-refractivity contribution in [3.05, 3.63) is 16.5 Å². The van der Waals surface area contributed by atoms with Gasteiger partial charge in [0.05, 0.1) is 17.1 Å². The molecule has 0 aliphatic carbocycles. The number of fused-ring (bicyclic) bond motifs is 1. The average molecular weight is 307 g/mol. The van der Waals surface area contributed by atoms with Crippen molar-refractivity contribution in [3.8, 4) is 0 Å². The van der Waals surface area contributed by atoms with Crippen LogP contribution in [0, 0.1) is 0 Å². The fraction of sp³-hybridized carbons (Fsp3) is 0.500. The molecule has 2 N–H and O–H groups in total. The minimum atomic E-state index is -0.968. The molecule has 2 aliphatic rings. The molecule has 0 spiro atoms. The molecular formula is C14H17N3O3S. The maximum Gasteiger partial charge on any atom is 0.256 e. The molecule has 3 heterocycles. The number of rotatable bonds is 2. The Morgan fingerprint density at radius 2 is 2.10 bits per heavy atom. The van der Waals surface area contributed by atoms with E-state index in [2.05, 4.69) is 0 Å². The molecule has 21 heavy (non-hydrogen) atoms. The zero-order chi connectivity index (χ0) is 15.4. The number of nitrogens with zero attached hydrogens (tertiary/aromatic N) is 2. The van der Waals surface area contributed by atoms with Crippen molar-refractivity contribution in [2.24, 2.45) is 0 Å². The number of hydrogen-bond acceptors (Lipinski definition) is 5. The highest BCUT2D eigenvalue weighted by Gasteiger charge is 2.51. The Morgan fingerprint density at radius 1 is 1.38 bits per heavy atom. The van der Waals surface area contributed by atoms with Crippen molar-refractivity contribution >= 4 is 34.1 Å². The highest BCUT2D eigenvalue weighted by molar-refractivity contribution is 7.14. The molecule has 1 fully saturated rings. The zero-order valence-corrected chi connectivity index (χ0v) is 12.8. The van der Waals surface area contributed by atoms with Crippen LogP contribution in [0.4, 0.5) is 5.00 Å². The summed E-state index contributed by atoms with van der Waals surface area (Å²) in [6.07, 6.45) is 0.642. The maximum atomic E-state index is 12.7. The van der Waals surface area contributed by atoms with Crippen molar-refractivity contribution in [3.63, 3.8) is 0 Å². The van der Waals surface area contributed by atoms with Crippen LogP contribution in [0.1, 0.15) is 42.6 Å². The summed E-state index contributed by atoms with van der Waals surface area (Å²) in [5.74, 6) is -0.624. The van der Waals surface area contributed by atoms with Crippen molar-refractivity contribution in [1.82, 2.24) is 9.80 Å². The largest absolute Gasteiger partial charge is 0.390 e. The van der Waals surface area contributed by atoms with Crippen LogP contribution in [0.3, 0.4) is 0 Å². The molecule has 1 saturated heterocycles. The summed E-state index contributed by atoms with van der Waals surface area (Å²) in [4.78, 5) is 39.9. The molecule has 2 aliphatic heterocycles. The van der Waals surface area contributed by atoms with Crippen LogP contribution in [0.5, 0.6) is 0 Å². The van der Waals surface area contributed by atoms with E-state index in [0.29, 0.717) is 30.1 Å². The minimum Gasteiger partial charge on any atom is -0.390 e. The maximum absolute atomic E-state index is 12.7. The number of carbonyl (C=O) groups is 3. The predicted molar refractivity (Wildman–Crippen MR) is 78.6 cm³/mol. The van der Waals surface area contributed by atoms with Gasteiger partial charge in [0.2, 0.25) is 5.91 Å². The summed E-state index contributed by atoms with van der Waals surface area (Å²) in [5.41, 5.74) is 6.32. The minimum absolute atomic E-state index is 0.166. The number of nitrogen functional groups attached to an aromatic ring is 1. The molecule has 0 unspecified atom stereocenters. The second-order valence-electron chi connectivity index (χ2n) is 5.60. The number of nitrogens with two attached hydrogens (primary N) is 1. The quantitative estimate of drug-likeness (QED) is 0.833. The molecule has 1 aromatic rings. The Hall–Kier alpha value is -1.89. The highest BCUT2D eigenvalue weighted by Crippen LogP contribution is 2.40. The van der Waals surface area contributed by atoms with Gasteiger partial charge in [-0.3, -0.25) is 19.3 Å². The topological polar surface area (TPSA) is 83.7 Å². The summed E-state index contributed by atoms with van der Waals surface area (Å²) < 4.78 is 0. The van der Waals surface area contributed by atoms with Gasteiger partial charge in [-0.2, -0.15) is 0 Å². The Bertz CT molecular complexity index is 654. The standard InChI is InChI=1S/C14H17N3O3S/c1-3-16-10(18)4-5-14(2,13(16)20)17-6-8-9(12(17)19)7-21-11(8)15/h7H,3-6,15H2,1-2H3/t14-/m1/s1. The van der Waals surface area contributed by atoms with E-state index < -0.39 is 5.54 Å². The SMILES string of the molecule is CCN1C(=O)CC[C@@](C)(N2Cc3c(csc3N)C2=O)C1=O. The van der Waals surface area contributed by atoms with Gasteiger partial charge < -0.3 is 10.6 Å². The van der Waals surface area contributed by atoms with Gasteiger partial charge in [0.15, 0.2) is 0 Å². The summed E-state index contributed by atoms with van der Waals surface area (Å²) in [6.45, 7) is 4.19. The smallest absolute Gasteiger partial charge is 0.256 e. The number of thiophene rings is 1. The van der Waals surface area contributed by atoms with Crippen LogP contribution in [0.25, 0.3) is 0 Å². The van der Waals surface area contributed by atoms with Crippen LogP contribution < -0.4 is 5.73 Å². The second-order valence-corrected chi connectivity index (χ2v) is 6.51. The number of imide groups is 1. The van der Waals surface area contributed by atoms with Crippen LogP contribution in [0.15, 0.2) is 5.38 Å². The molecule has 7 heteroatoms. The van der Waals surface area contributed by atoms with Gasteiger partial charge in [0, 0.05) is 23.9 Å². The van der Waals surface area contributed by atoms with Crippen LogP contribution in [-0.4, -0.2) is 39.6 Å². The van der Waals surface area contributed by atoms with Crippen LogP contribution in [0.2, 0.25) is 0 Å². The van der Waals surface area contributed by atoms with Gasteiger partial charge in [-0.05, 0) is 20.3 Å². The summed E-state index contributed by atoms with van der Waals surface area (Å²) >= 11 is 1.35. The molecular weight excluding hydrogens is 290 g/mol. The number of amides is 3. The number of piperidine rings is 1. The van der Waals surface area contributed by atoms with Crippen molar-refractivity contribution < 1.29 is 14.4 Å². The fourth-order valence-electron chi connectivity index (χ4n) is 3.08. The zero-order valence-electron chi connectivity index (χ0n) is 12.0. The van der Waals surface area contributed by atoms with Crippen LogP contribution >= 0.6 is 11.3 Å². The van der Waals surface area contributed by atoms with Gasteiger partial charge in [-0.25, -0.2) is 0 Å². The van der Waals surface area contributed by atoms with E-state index in [4.69, 9.17) is 5.73 Å². The van der Waals surface area contributed by atoms with E-state index in [1.807, 2.05) is 0 Å². The summed E-state index contributed by atoms with van der Waals surface area (Å²) in [7, 11) is 0. The second kappa shape index (κ2) is 4.56. The normalized spacial score (nSPS) is 25.7. The lowest BCUT2D eigenvalue weighted by molar-refractivity contribution is -0.157. The molecule has 1 atom stereocenters. The summed E-state index contributed by atoms with van der Waals surface area (Å²) in [5, 5.41) is 2.36. The molecule has 0 saturated carbocycles. The number of anilines is 1. The first-order valence-corrected chi connectivity index (χ1v) is 7.80. The molecule has 0 bridgehead atoms. The van der Waals surface area contributed by atoms with E-state index >= 15 is 0 Å². The third-order valence-corrected chi connectivity index (χ3v) is 5.32. The number of hydrogen-bond donors (Lipinski definition) is 1. The number of likely N-dealkylation sites (N-methyl/N-ethyl adjacent to an activating group) is 1. The molecule has 112 valence electrons. The highest BCUT2D eigenvalue weighted by atomic mass is 32.1. The molecule has 1 aromatic heterocycles.